The quantitative estimate of drug-likeness (QED) is 0.808. The summed E-state index contributed by atoms with van der Waals surface area (Å²) in [6.45, 7) is 1.97. The van der Waals surface area contributed by atoms with Crippen LogP contribution in [0.4, 0.5) is 5.69 Å². The van der Waals surface area contributed by atoms with Gasteiger partial charge >= 0.3 is 5.97 Å². The molecule has 1 aromatic carbocycles. The fourth-order valence-corrected chi connectivity index (χ4v) is 2.08. The molecule has 0 bridgehead atoms. The normalized spacial score (nSPS) is 12.3. The molecule has 0 aliphatic rings. The van der Waals surface area contributed by atoms with E-state index in [1.54, 1.807) is 29.1 Å². The van der Waals surface area contributed by atoms with Gasteiger partial charge in [0.2, 0.25) is 0 Å². The number of imidazole rings is 1. The SMILES string of the molecule is CCCC(C(=O)O)n1ccnc1-c1ccc(N)cc1. The molecule has 1 atom stereocenters. The summed E-state index contributed by atoms with van der Waals surface area (Å²) in [6, 6.07) is 6.67. The lowest BCUT2D eigenvalue weighted by molar-refractivity contribution is -0.141. The minimum atomic E-state index is -0.837. The molecule has 0 fully saturated rings. The number of aliphatic carboxylic acids is 1. The molecule has 2 rings (SSSR count). The molecule has 1 aromatic heterocycles. The van der Waals surface area contributed by atoms with Gasteiger partial charge < -0.3 is 15.4 Å². The maximum atomic E-state index is 11.4. The predicted molar refractivity (Wildman–Crippen MR) is 73.7 cm³/mol. The van der Waals surface area contributed by atoms with E-state index in [4.69, 9.17) is 5.73 Å². The molecule has 0 aliphatic heterocycles. The van der Waals surface area contributed by atoms with Crippen molar-refractivity contribution in [2.24, 2.45) is 0 Å². The first-order valence-electron chi connectivity index (χ1n) is 6.25. The average molecular weight is 259 g/mol. The van der Waals surface area contributed by atoms with Crippen molar-refractivity contribution in [3.05, 3.63) is 36.7 Å². The first kappa shape index (κ1) is 13.1. The molecule has 19 heavy (non-hydrogen) atoms. The Hall–Kier alpha value is -2.30. The number of carboxylic acid groups (broad SMARTS) is 1. The Labute approximate surface area is 111 Å². The number of nitrogen functional groups attached to an aromatic ring is 1. The fraction of sp³-hybridized carbons (Fsp3) is 0.286. The number of carbonyl (C=O) groups is 1. The summed E-state index contributed by atoms with van der Waals surface area (Å²) in [6.07, 6.45) is 4.71. The molecule has 5 nitrogen and oxygen atoms in total. The molecule has 0 spiro atoms. The summed E-state index contributed by atoms with van der Waals surface area (Å²) in [5.41, 5.74) is 7.19. The molecule has 0 amide bonds. The number of benzene rings is 1. The van der Waals surface area contributed by atoms with Gasteiger partial charge in [0, 0.05) is 23.6 Å². The van der Waals surface area contributed by atoms with E-state index < -0.39 is 12.0 Å². The predicted octanol–water partition coefficient (Wildman–Crippen LogP) is 2.56. The minimum absolute atomic E-state index is 0.577. The Bertz CT molecular complexity index is 560. The Morgan fingerprint density at radius 3 is 2.68 bits per heavy atom. The Balaban J connectivity index is 2.41. The lowest BCUT2D eigenvalue weighted by atomic mass is 10.1. The van der Waals surface area contributed by atoms with Gasteiger partial charge in [-0.25, -0.2) is 9.78 Å². The van der Waals surface area contributed by atoms with E-state index in [2.05, 4.69) is 4.98 Å². The zero-order chi connectivity index (χ0) is 13.8. The number of hydrogen-bond donors (Lipinski definition) is 2. The summed E-state index contributed by atoms with van der Waals surface area (Å²) in [7, 11) is 0. The van der Waals surface area contributed by atoms with Crippen LogP contribution in [0, 0.1) is 0 Å². The van der Waals surface area contributed by atoms with Gasteiger partial charge in [-0.1, -0.05) is 13.3 Å². The van der Waals surface area contributed by atoms with Crippen LogP contribution in [0.25, 0.3) is 11.4 Å². The molecular formula is C14H17N3O2. The first-order chi connectivity index (χ1) is 9.13. The van der Waals surface area contributed by atoms with Gasteiger partial charge in [0.05, 0.1) is 0 Å². The van der Waals surface area contributed by atoms with Gasteiger partial charge in [-0.3, -0.25) is 0 Å². The Morgan fingerprint density at radius 2 is 2.11 bits per heavy atom. The van der Waals surface area contributed by atoms with Crippen LogP contribution in [-0.4, -0.2) is 20.6 Å². The highest BCUT2D eigenvalue weighted by Gasteiger charge is 2.21. The highest BCUT2D eigenvalue weighted by atomic mass is 16.4. The number of carboxylic acids is 1. The lowest BCUT2D eigenvalue weighted by Gasteiger charge is -2.16. The van der Waals surface area contributed by atoms with Crippen LogP contribution in [0.15, 0.2) is 36.7 Å². The Morgan fingerprint density at radius 1 is 1.42 bits per heavy atom. The number of hydrogen-bond acceptors (Lipinski definition) is 3. The van der Waals surface area contributed by atoms with E-state index in [0.29, 0.717) is 17.9 Å². The number of rotatable bonds is 5. The van der Waals surface area contributed by atoms with Crippen molar-refractivity contribution in [3.63, 3.8) is 0 Å². The molecule has 5 heteroatoms. The molecule has 2 aromatic rings. The van der Waals surface area contributed by atoms with Gasteiger partial charge in [-0.15, -0.1) is 0 Å². The second-order valence-electron chi connectivity index (χ2n) is 4.42. The van der Waals surface area contributed by atoms with Crippen molar-refractivity contribution in [1.29, 1.82) is 0 Å². The van der Waals surface area contributed by atoms with Crippen LogP contribution in [0.1, 0.15) is 25.8 Å². The van der Waals surface area contributed by atoms with Crippen molar-refractivity contribution in [2.75, 3.05) is 5.73 Å². The molecule has 3 N–H and O–H groups in total. The molecular weight excluding hydrogens is 242 g/mol. The summed E-state index contributed by atoms with van der Waals surface area (Å²) in [5.74, 6) is -0.183. The van der Waals surface area contributed by atoms with Crippen molar-refractivity contribution in [1.82, 2.24) is 9.55 Å². The van der Waals surface area contributed by atoms with E-state index in [1.807, 2.05) is 19.1 Å². The van der Waals surface area contributed by atoms with E-state index in [0.717, 1.165) is 12.0 Å². The molecule has 1 heterocycles. The average Bonchev–Trinajstić information content (AvgIpc) is 2.85. The largest absolute Gasteiger partial charge is 0.480 e. The van der Waals surface area contributed by atoms with E-state index in [-0.39, 0.29) is 0 Å². The third kappa shape index (κ3) is 2.76. The third-order valence-electron chi connectivity index (χ3n) is 3.02. The van der Waals surface area contributed by atoms with Crippen LogP contribution in [0.3, 0.4) is 0 Å². The highest BCUT2D eigenvalue weighted by molar-refractivity contribution is 5.73. The number of aromatic nitrogens is 2. The number of nitrogens with zero attached hydrogens (tertiary/aromatic N) is 2. The summed E-state index contributed by atoms with van der Waals surface area (Å²) < 4.78 is 1.71. The zero-order valence-electron chi connectivity index (χ0n) is 10.8. The van der Waals surface area contributed by atoms with Gasteiger partial charge in [-0.2, -0.15) is 0 Å². The second-order valence-corrected chi connectivity index (χ2v) is 4.42. The van der Waals surface area contributed by atoms with E-state index in [9.17, 15) is 9.90 Å². The monoisotopic (exact) mass is 259 g/mol. The molecule has 0 saturated carbocycles. The standard InChI is InChI=1S/C14H17N3O2/c1-2-3-12(14(18)19)17-9-8-16-13(17)10-4-6-11(15)7-5-10/h4-9,12H,2-3,15H2,1H3,(H,18,19). The van der Waals surface area contributed by atoms with E-state index in [1.165, 1.54) is 0 Å². The van der Waals surface area contributed by atoms with Crippen LogP contribution in [-0.2, 0) is 4.79 Å². The van der Waals surface area contributed by atoms with Crippen LogP contribution in [0.2, 0.25) is 0 Å². The number of anilines is 1. The van der Waals surface area contributed by atoms with Crippen LogP contribution in [0.5, 0.6) is 0 Å². The lowest BCUT2D eigenvalue weighted by Crippen LogP contribution is -2.19. The molecule has 0 saturated heterocycles. The van der Waals surface area contributed by atoms with Crippen molar-refractivity contribution in [3.8, 4) is 11.4 Å². The zero-order valence-corrected chi connectivity index (χ0v) is 10.8. The molecule has 0 aliphatic carbocycles. The third-order valence-corrected chi connectivity index (χ3v) is 3.02. The van der Waals surface area contributed by atoms with Crippen LogP contribution >= 0.6 is 0 Å². The van der Waals surface area contributed by atoms with Gasteiger partial charge in [-0.05, 0) is 30.7 Å². The smallest absolute Gasteiger partial charge is 0.326 e. The van der Waals surface area contributed by atoms with Crippen LogP contribution < -0.4 is 5.73 Å². The van der Waals surface area contributed by atoms with Crippen molar-refractivity contribution < 1.29 is 9.90 Å². The molecule has 0 radical (unpaired) electrons. The van der Waals surface area contributed by atoms with Crippen molar-refractivity contribution >= 4 is 11.7 Å². The summed E-state index contributed by atoms with van der Waals surface area (Å²) in [5, 5.41) is 9.32. The topological polar surface area (TPSA) is 81.1 Å². The summed E-state index contributed by atoms with van der Waals surface area (Å²) >= 11 is 0. The van der Waals surface area contributed by atoms with Gasteiger partial charge in [0.1, 0.15) is 11.9 Å². The summed E-state index contributed by atoms with van der Waals surface area (Å²) in [4.78, 5) is 15.6. The maximum absolute atomic E-state index is 11.4. The first-order valence-corrected chi connectivity index (χ1v) is 6.25. The minimum Gasteiger partial charge on any atom is -0.480 e. The van der Waals surface area contributed by atoms with Gasteiger partial charge in [0.25, 0.3) is 0 Å². The fourth-order valence-electron chi connectivity index (χ4n) is 2.08. The van der Waals surface area contributed by atoms with Gasteiger partial charge in [0.15, 0.2) is 0 Å². The molecule has 1 unspecified atom stereocenters. The maximum Gasteiger partial charge on any atom is 0.326 e. The Kier molecular flexibility index (Phi) is 3.85. The molecule has 100 valence electrons. The van der Waals surface area contributed by atoms with Crippen molar-refractivity contribution in [2.45, 2.75) is 25.8 Å². The second kappa shape index (κ2) is 5.56. The number of nitrogens with two attached hydrogens (primary N) is 1. The highest BCUT2D eigenvalue weighted by Crippen LogP contribution is 2.24. The van der Waals surface area contributed by atoms with E-state index >= 15 is 0 Å².